The molecule has 0 aromatic heterocycles. The number of hydrogen-bond donors (Lipinski definition) is 1. The smallest absolute Gasteiger partial charge is 0.222 e. The van der Waals surface area contributed by atoms with Crippen LogP contribution in [0.2, 0.25) is 0 Å². The zero-order valence-corrected chi connectivity index (χ0v) is 15.3. The molecule has 0 saturated carbocycles. The molecule has 1 aromatic carbocycles. The fourth-order valence-electron chi connectivity index (χ4n) is 3.18. The molecule has 0 aliphatic carbocycles. The summed E-state index contributed by atoms with van der Waals surface area (Å²) in [4.78, 5) is 14.6. The summed E-state index contributed by atoms with van der Waals surface area (Å²) in [6.07, 6.45) is 3.90. The highest BCUT2D eigenvalue weighted by atomic mass is 16.5. The van der Waals surface area contributed by atoms with E-state index in [1.807, 2.05) is 6.07 Å². The van der Waals surface area contributed by atoms with E-state index >= 15 is 0 Å². The predicted molar refractivity (Wildman–Crippen MR) is 97.8 cm³/mol. The van der Waals surface area contributed by atoms with Crippen LogP contribution in [0.25, 0.3) is 0 Å². The maximum Gasteiger partial charge on any atom is 0.222 e. The Labute approximate surface area is 146 Å². The number of ether oxygens (including phenoxy) is 1. The van der Waals surface area contributed by atoms with Crippen molar-refractivity contribution in [1.82, 2.24) is 10.2 Å². The summed E-state index contributed by atoms with van der Waals surface area (Å²) in [6, 6.07) is 11.1. The number of rotatable bonds is 8. The number of benzene rings is 1. The second kappa shape index (κ2) is 9.80. The molecule has 1 N–H and O–H groups in total. The first-order valence-corrected chi connectivity index (χ1v) is 9.23. The third-order valence-electron chi connectivity index (χ3n) is 4.56. The van der Waals surface area contributed by atoms with Crippen molar-refractivity contribution in [3.05, 3.63) is 35.9 Å². The van der Waals surface area contributed by atoms with Gasteiger partial charge in [-0.2, -0.15) is 0 Å². The second-order valence-corrected chi connectivity index (χ2v) is 7.17. The zero-order chi connectivity index (χ0) is 17.4. The van der Waals surface area contributed by atoms with Crippen LogP contribution in [0.4, 0.5) is 0 Å². The standard InChI is InChI=1S/C20H32N2O2/c1-16(2)22(15-18-9-5-4-6-10-18)14-17(3)21-20(23)13-19-11-7-8-12-24-19/h4-6,9-10,16-17,19H,7-8,11-15H2,1-3H3,(H,21,23). The van der Waals surface area contributed by atoms with Crippen LogP contribution in [0.1, 0.15) is 52.0 Å². The van der Waals surface area contributed by atoms with E-state index < -0.39 is 0 Å². The van der Waals surface area contributed by atoms with Crippen molar-refractivity contribution >= 4 is 5.91 Å². The van der Waals surface area contributed by atoms with Gasteiger partial charge in [0.2, 0.25) is 5.91 Å². The van der Waals surface area contributed by atoms with Crippen LogP contribution in [-0.4, -0.2) is 42.1 Å². The van der Waals surface area contributed by atoms with Gasteiger partial charge >= 0.3 is 0 Å². The Morgan fingerprint density at radius 1 is 1.25 bits per heavy atom. The minimum atomic E-state index is 0.108. The highest BCUT2D eigenvalue weighted by molar-refractivity contribution is 5.76. The quantitative estimate of drug-likeness (QED) is 0.794. The molecule has 1 saturated heterocycles. The van der Waals surface area contributed by atoms with Crippen LogP contribution in [0, 0.1) is 0 Å². The molecular formula is C20H32N2O2. The molecule has 4 nitrogen and oxygen atoms in total. The van der Waals surface area contributed by atoms with E-state index in [0.29, 0.717) is 12.5 Å². The first-order valence-electron chi connectivity index (χ1n) is 9.23. The summed E-state index contributed by atoms with van der Waals surface area (Å²) >= 11 is 0. The molecule has 2 rings (SSSR count). The van der Waals surface area contributed by atoms with Crippen LogP contribution in [0.5, 0.6) is 0 Å². The summed E-state index contributed by atoms with van der Waals surface area (Å²) in [6.45, 7) is 9.04. The number of hydrogen-bond acceptors (Lipinski definition) is 3. The maximum atomic E-state index is 12.2. The van der Waals surface area contributed by atoms with Crippen molar-refractivity contribution < 1.29 is 9.53 Å². The molecule has 2 unspecified atom stereocenters. The minimum Gasteiger partial charge on any atom is -0.378 e. The van der Waals surface area contributed by atoms with Gasteiger partial charge in [-0.15, -0.1) is 0 Å². The van der Waals surface area contributed by atoms with Crippen molar-refractivity contribution in [1.29, 1.82) is 0 Å². The van der Waals surface area contributed by atoms with E-state index in [1.54, 1.807) is 0 Å². The van der Waals surface area contributed by atoms with Crippen LogP contribution >= 0.6 is 0 Å². The Kier molecular flexibility index (Phi) is 7.73. The van der Waals surface area contributed by atoms with Gasteiger partial charge < -0.3 is 10.1 Å². The number of nitrogens with one attached hydrogen (secondary N) is 1. The maximum absolute atomic E-state index is 12.2. The third kappa shape index (κ3) is 6.62. The van der Waals surface area contributed by atoms with Gasteiger partial charge in [-0.3, -0.25) is 9.69 Å². The molecule has 0 spiro atoms. The van der Waals surface area contributed by atoms with E-state index in [2.05, 4.69) is 55.3 Å². The lowest BCUT2D eigenvalue weighted by molar-refractivity contribution is -0.125. The molecule has 1 aliphatic rings. The molecule has 0 bridgehead atoms. The number of carbonyl (C=O) groups is 1. The van der Waals surface area contributed by atoms with Crippen LogP contribution in [-0.2, 0) is 16.1 Å². The Bertz CT molecular complexity index is 484. The molecule has 4 heteroatoms. The van der Waals surface area contributed by atoms with Crippen molar-refractivity contribution in [3.63, 3.8) is 0 Å². The van der Waals surface area contributed by atoms with Crippen LogP contribution in [0.3, 0.4) is 0 Å². The normalized spacial score (nSPS) is 19.5. The Morgan fingerprint density at radius 3 is 2.62 bits per heavy atom. The first kappa shape index (κ1) is 18.9. The lowest BCUT2D eigenvalue weighted by Gasteiger charge is -2.30. The van der Waals surface area contributed by atoms with Gasteiger partial charge in [0.15, 0.2) is 0 Å². The average molecular weight is 332 g/mol. The summed E-state index contributed by atoms with van der Waals surface area (Å²) in [5.41, 5.74) is 1.31. The topological polar surface area (TPSA) is 41.6 Å². The molecule has 1 aliphatic heterocycles. The number of nitrogens with zero attached hydrogens (tertiary/aromatic N) is 1. The zero-order valence-electron chi connectivity index (χ0n) is 15.3. The first-order chi connectivity index (χ1) is 11.5. The molecule has 1 heterocycles. The van der Waals surface area contributed by atoms with Crippen molar-refractivity contribution in [2.24, 2.45) is 0 Å². The van der Waals surface area contributed by atoms with Gasteiger partial charge in [0.05, 0.1) is 12.5 Å². The molecular weight excluding hydrogens is 300 g/mol. The van der Waals surface area contributed by atoms with Crippen molar-refractivity contribution in [3.8, 4) is 0 Å². The third-order valence-corrected chi connectivity index (χ3v) is 4.56. The number of carbonyl (C=O) groups excluding carboxylic acids is 1. The van der Waals surface area contributed by atoms with E-state index in [1.165, 1.54) is 12.0 Å². The predicted octanol–water partition coefficient (Wildman–Crippen LogP) is 3.36. The van der Waals surface area contributed by atoms with Crippen molar-refractivity contribution in [2.75, 3.05) is 13.2 Å². The fourth-order valence-corrected chi connectivity index (χ4v) is 3.18. The van der Waals surface area contributed by atoms with E-state index in [0.717, 1.165) is 32.5 Å². The van der Waals surface area contributed by atoms with Gasteiger partial charge in [-0.1, -0.05) is 30.3 Å². The van der Waals surface area contributed by atoms with Gasteiger partial charge in [-0.05, 0) is 45.6 Å². The monoisotopic (exact) mass is 332 g/mol. The minimum absolute atomic E-state index is 0.108. The summed E-state index contributed by atoms with van der Waals surface area (Å²) in [5, 5.41) is 3.14. The molecule has 1 aromatic rings. The van der Waals surface area contributed by atoms with Crippen LogP contribution in [0.15, 0.2) is 30.3 Å². The van der Waals surface area contributed by atoms with E-state index in [4.69, 9.17) is 4.74 Å². The van der Waals surface area contributed by atoms with Gasteiger partial charge in [0.1, 0.15) is 0 Å². The Morgan fingerprint density at radius 2 is 2.00 bits per heavy atom. The SMILES string of the molecule is CC(CN(Cc1ccccc1)C(C)C)NC(=O)CC1CCCCO1. The van der Waals surface area contributed by atoms with Gasteiger partial charge in [0, 0.05) is 31.8 Å². The summed E-state index contributed by atoms with van der Waals surface area (Å²) in [5.74, 6) is 0.109. The van der Waals surface area contributed by atoms with Gasteiger partial charge in [0.25, 0.3) is 0 Å². The lowest BCUT2D eigenvalue weighted by Crippen LogP contribution is -2.45. The molecule has 2 atom stereocenters. The Balaban J connectivity index is 1.79. The summed E-state index contributed by atoms with van der Waals surface area (Å²) in [7, 11) is 0. The largest absolute Gasteiger partial charge is 0.378 e. The fraction of sp³-hybridized carbons (Fsp3) is 0.650. The van der Waals surface area contributed by atoms with E-state index in [-0.39, 0.29) is 18.1 Å². The molecule has 1 amide bonds. The van der Waals surface area contributed by atoms with E-state index in [9.17, 15) is 4.79 Å². The lowest BCUT2D eigenvalue weighted by atomic mass is 10.1. The van der Waals surface area contributed by atoms with Crippen molar-refractivity contribution in [2.45, 2.75) is 71.2 Å². The van der Waals surface area contributed by atoms with Crippen LogP contribution < -0.4 is 5.32 Å². The molecule has 24 heavy (non-hydrogen) atoms. The highest BCUT2D eigenvalue weighted by Crippen LogP contribution is 2.15. The number of amides is 1. The molecule has 134 valence electrons. The highest BCUT2D eigenvalue weighted by Gasteiger charge is 2.20. The second-order valence-electron chi connectivity index (χ2n) is 7.17. The van der Waals surface area contributed by atoms with Gasteiger partial charge in [-0.25, -0.2) is 0 Å². The summed E-state index contributed by atoms with van der Waals surface area (Å²) < 4.78 is 5.66. The Hall–Kier alpha value is -1.39. The average Bonchev–Trinajstić information content (AvgIpc) is 2.55. The molecule has 1 fully saturated rings. The molecule has 0 radical (unpaired) electrons.